The Labute approximate surface area is 83.2 Å². The molecule has 0 saturated heterocycles. The molecule has 1 aromatic rings. The van der Waals surface area contributed by atoms with Gasteiger partial charge in [-0.2, -0.15) is 0 Å². The highest BCUT2D eigenvalue weighted by Gasteiger charge is 2.32. The third-order valence-corrected chi connectivity index (χ3v) is 2.06. The summed E-state index contributed by atoms with van der Waals surface area (Å²) in [5, 5.41) is 18.5. The van der Waals surface area contributed by atoms with Crippen molar-refractivity contribution in [2.45, 2.75) is 12.5 Å². The number of ether oxygens (including phenoxy) is 1. The second-order valence-electron chi connectivity index (χ2n) is 2.96. The van der Waals surface area contributed by atoms with Crippen LogP contribution in [0.15, 0.2) is 24.4 Å². The number of aliphatic hydroxyl groups excluding tert-OH is 2. The van der Waals surface area contributed by atoms with Crippen LogP contribution in [-0.4, -0.2) is 35.0 Å². The van der Waals surface area contributed by atoms with E-state index in [1.165, 1.54) is 0 Å². The molecular weight excluding hydrogens is 182 g/mol. The fourth-order valence-corrected chi connectivity index (χ4v) is 1.29. The van der Waals surface area contributed by atoms with Gasteiger partial charge in [0.15, 0.2) is 5.60 Å². The lowest BCUT2D eigenvalue weighted by molar-refractivity contribution is -0.113. The van der Waals surface area contributed by atoms with Crippen molar-refractivity contribution >= 4 is 0 Å². The lowest BCUT2D eigenvalue weighted by Gasteiger charge is -2.28. The molecule has 0 aliphatic carbocycles. The van der Waals surface area contributed by atoms with Gasteiger partial charge in [0.1, 0.15) is 0 Å². The average Bonchev–Trinajstić information content (AvgIpc) is 2.27. The second-order valence-corrected chi connectivity index (χ2v) is 2.96. The van der Waals surface area contributed by atoms with E-state index in [1.54, 1.807) is 24.4 Å². The summed E-state index contributed by atoms with van der Waals surface area (Å²) in [5.74, 6) is 0. The molecule has 78 valence electrons. The van der Waals surface area contributed by atoms with E-state index in [-0.39, 0.29) is 13.2 Å². The van der Waals surface area contributed by atoms with Crippen LogP contribution in [0.5, 0.6) is 0 Å². The fraction of sp³-hybridized carbons (Fsp3) is 0.500. The first-order valence-electron chi connectivity index (χ1n) is 4.56. The molecule has 0 aromatic carbocycles. The van der Waals surface area contributed by atoms with Crippen LogP contribution in [0.25, 0.3) is 0 Å². The van der Waals surface area contributed by atoms with Crippen molar-refractivity contribution in [3.05, 3.63) is 30.1 Å². The molecule has 2 N–H and O–H groups in total. The molecule has 1 heterocycles. The molecule has 0 fully saturated rings. The molecular formula is C10H15NO3. The van der Waals surface area contributed by atoms with Gasteiger partial charge in [0, 0.05) is 12.8 Å². The average molecular weight is 197 g/mol. The first-order chi connectivity index (χ1) is 6.79. The Kier molecular flexibility index (Phi) is 4.00. The van der Waals surface area contributed by atoms with Crippen molar-refractivity contribution in [3.63, 3.8) is 0 Å². The minimum atomic E-state index is -1.07. The van der Waals surface area contributed by atoms with Gasteiger partial charge in [0.25, 0.3) is 0 Å². The molecule has 0 aliphatic heterocycles. The number of aliphatic hydroxyl groups is 2. The van der Waals surface area contributed by atoms with Gasteiger partial charge in [-0.1, -0.05) is 6.07 Å². The standard InChI is InChI=1S/C10H15NO3/c1-2-14-10(7-12,8-13)9-5-3-4-6-11-9/h3-6,12-13H,2,7-8H2,1H3. The number of hydrogen-bond donors (Lipinski definition) is 2. The molecule has 0 bridgehead atoms. The van der Waals surface area contributed by atoms with Gasteiger partial charge >= 0.3 is 0 Å². The van der Waals surface area contributed by atoms with Crippen molar-refractivity contribution in [1.82, 2.24) is 4.98 Å². The van der Waals surface area contributed by atoms with E-state index in [1.807, 2.05) is 6.92 Å². The predicted molar refractivity (Wildman–Crippen MR) is 51.7 cm³/mol. The summed E-state index contributed by atoms with van der Waals surface area (Å²) in [5.41, 5.74) is -0.525. The molecule has 4 heteroatoms. The molecule has 0 atom stereocenters. The maximum atomic E-state index is 9.24. The van der Waals surface area contributed by atoms with Crippen LogP contribution >= 0.6 is 0 Å². The Morgan fingerprint density at radius 3 is 2.50 bits per heavy atom. The van der Waals surface area contributed by atoms with Crippen LogP contribution in [0.1, 0.15) is 12.6 Å². The van der Waals surface area contributed by atoms with Crippen LogP contribution < -0.4 is 0 Å². The molecule has 0 unspecified atom stereocenters. The summed E-state index contributed by atoms with van der Waals surface area (Å²) in [6.07, 6.45) is 1.61. The largest absolute Gasteiger partial charge is 0.393 e. The zero-order valence-electron chi connectivity index (χ0n) is 8.18. The van der Waals surface area contributed by atoms with Crippen molar-refractivity contribution in [3.8, 4) is 0 Å². The van der Waals surface area contributed by atoms with Crippen molar-refractivity contribution in [2.75, 3.05) is 19.8 Å². The minimum absolute atomic E-state index is 0.283. The first-order valence-corrected chi connectivity index (χ1v) is 4.56. The van der Waals surface area contributed by atoms with Gasteiger partial charge in [-0.25, -0.2) is 0 Å². The van der Waals surface area contributed by atoms with Crippen molar-refractivity contribution in [1.29, 1.82) is 0 Å². The van der Waals surface area contributed by atoms with E-state index in [0.717, 1.165) is 0 Å². The molecule has 1 aromatic heterocycles. The van der Waals surface area contributed by atoms with Gasteiger partial charge in [0.05, 0.1) is 18.9 Å². The topological polar surface area (TPSA) is 62.6 Å². The normalized spacial score (nSPS) is 11.6. The van der Waals surface area contributed by atoms with Gasteiger partial charge in [-0.15, -0.1) is 0 Å². The minimum Gasteiger partial charge on any atom is -0.393 e. The zero-order valence-corrected chi connectivity index (χ0v) is 8.18. The Morgan fingerprint density at radius 2 is 2.07 bits per heavy atom. The molecule has 0 saturated carbocycles. The molecule has 0 aliphatic rings. The Balaban J connectivity index is 2.98. The van der Waals surface area contributed by atoms with Crippen molar-refractivity contribution in [2.24, 2.45) is 0 Å². The fourth-order valence-electron chi connectivity index (χ4n) is 1.29. The second kappa shape index (κ2) is 5.05. The smallest absolute Gasteiger partial charge is 0.156 e. The SMILES string of the molecule is CCOC(CO)(CO)c1ccccn1. The highest BCUT2D eigenvalue weighted by molar-refractivity contribution is 5.13. The number of aromatic nitrogens is 1. The van der Waals surface area contributed by atoms with E-state index in [4.69, 9.17) is 4.74 Å². The third kappa shape index (κ3) is 2.09. The highest BCUT2D eigenvalue weighted by Crippen LogP contribution is 2.22. The maximum absolute atomic E-state index is 9.24. The van der Waals surface area contributed by atoms with Crippen LogP contribution in [0, 0.1) is 0 Å². The maximum Gasteiger partial charge on any atom is 0.156 e. The van der Waals surface area contributed by atoms with E-state index < -0.39 is 5.60 Å². The number of rotatable bonds is 5. The molecule has 1 rings (SSSR count). The number of hydrogen-bond acceptors (Lipinski definition) is 4. The first kappa shape index (κ1) is 11.1. The van der Waals surface area contributed by atoms with Crippen LogP contribution in [0.3, 0.4) is 0 Å². The summed E-state index contributed by atoms with van der Waals surface area (Å²) in [6.45, 7) is 1.66. The van der Waals surface area contributed by atoms with Crippen LogP contribution in [0.4, 0.5) is 0 Å². The quantitative estimate of drug-likeness (QED) is 0.712. The van der Waals surface area contributed by atoms with Gasteiger partial charge in [0.2, 0.25) is 0 Å². The number of pyridine rings is 1. The van der Waals surface area contributed by atoms with E-state index in [9.17, 15) is 10.2 Å². The molecule has 0 spiro atoms. The lowest BCUT2D eigenvalue weighted by atomic mass is 10.0. The van der Waals surface area contributed by atoms with Crippen LogP contribution in [-0.2, 0) is 10.3 Å². The molecule has 14 heavy (non-hydrogen) atoms. The Bertz CT molecular complexity index is 259. The van der Waals surface area contributed by atoms with E-state index >= 15 is 0 Å². The molecule has 0 radical (unpaired) electrons. The monoisotopic (exact) mass is 197 g/mol. The van der Waals surface area contributed by atoms with E-state index in [0.29, 0.717) is 12.3 Å². The summed E-state index contributed by atoms with van der Waals surface area (Å²) < 4.78 is 5.35. The van der Waals surface area contributed by atoms with Gasteiger partial charge < -0.3 is 14.9 Å². The summed E-state index contributed by atoms with van der Waals surface area (Å²) in [6, 6.07) is 5.29. The molecule has 0 amide bonds. The number of nitrogens with zero attached hydrogens (tertiary/aromatic N) is 1. The van der Waals surface area contributed by atoms with E-state index in [2.05, 4.69) is 4.98 Å². The van der Waals surface area contributed by atoms with Gasteiger partial charge in [-0.05, 0) is 19.1 Å². The summed E-state index contributed by atoms with van der Waals surface area (Å²) in [7, 11) is 0. The Morgan fingerprint density at radius 1 is 1.36 bits per heavy atom. The summed E-state index contributed by atoms with van der Waals surface area (Å²) >= 11 is 0. The molecule has 4 nitrogen and oxygen atoms in total. The van der Waals surface area contributed by atoms with Crippen LogP contribution in [0.2, 0.25) is 0 Å². The predicted octanol–water partition coefficient (Wildman–Crippen LogP) is 0.298. The van der Waals surface area contributed by atoms with Crippen molar-refractivity contribution < 1.29 is 14.9 Å². The summed E-state index contributed by atoms with van der Waals surface area (Å²) in [4.78, 5) is 4.07. The lowest BCUT2D eigenvalue weighted by Crippen LogP contribution is -2.38. The third-order valence-electron chi connectivity index (χ3n) is 2.06. The van der Waals surface area contributed by atoms with Gasteiger partial charge in [-0.3, -0.25) is 4.98 Å². The zero-order chi connectivity index (χ0) is 10.4. The highest BCUT2D eigenvalue weighted by atomic mass is 16.5. The Hall–Kier alpha value is -0.970.